The molecule has 2 aromatic rings. The van der Waals surface area contributed by atoms with Crippen LogP contribution in [0.5, 0.6) is 0 Å². The lowest BCUT2D eigenvalue weighted by atomic mass is 9.89. The fraction of sp³-hybridized carbons (Fsp3) is 0.533. The molecule has 0 bridgehead atoms. The zero-order chi connectivity index (χ0) is 31.2. The molecule has 3 fully saturated rings. The highest BCUT2D eigenvalue weighted by Crippen LogP contribution is 2.38. The number of alkyl carbamates (subject to hydrolysis) is 1. The molecule has 5 atom stereocenters. The molecule has 13 nitrogen and oxygen atoms in total. The number of amides is 1. The van der Waals surface area contributed by atoms with Gasteiger partial charge in [0.15, 0.2) is 6.29 Å². The normalized spacial score (nSPS) is 23.9. The monoisotopic (exact) mass is 633 g/mol. The van der Waals surface area contributed by atoms with Gasteiger partial charge in [0.05, 0.1) is 41.8 Å². The van der Waals surface area contributed by atoms with Gasteiger partial charge < -0.3 is 35.1 Å². The first-order chi connectivity index (χ1) is 21.1. The van der Waals surface area contributed by atoms with E-state index in [-0.39, 0.29) is 36.7 Å². The summed E-state index contributed by atoms with van der Waals surface area (Å²) in [5, 5.41) is 25.9. The number of hydrogen-bond acceptors (Lipinski definition) is 10. The van der Waals surface area contributed by atoms with Crippen molar-refractivity contribution in [2.75, 3.05) is 25.1 Å². The molecule has 44 heavy (non-hydrogen) atoms. The van der Waals surface area contributed by atoms with E-state index in [0.29, 0.717) is 31.6 Å². The predicted octanol–water partition coefficient (Wildman–Crippen LogP) is 2.56. The second-order valence-corrected chi connectivity index (χ2v) is 13.2. The van der Waals surface area contributed by atoms with Crippen LogP contribution in [-0.2, 0) is 40.3 Å². The highest BCUT2D eigenvalue weighted by atomic mass is 32.2. The molecule has 1 amide bonds. The average molecular weight is 634 g/mol. The number of benzene rings is 2. The van der Waals surface area contributed by atoms with E-state index in [1.54, 1.807) is 6.07 Å². The molecule has 3 aliphatic rings. The molecule has 5 rings (SSSR count). The molecule has 5 N–H and O–H groups in total. The summed E-state index contributed by atoms with van der Waals surface area (Å²) < 4.78 is 43.1. The van der Waals surface area contributed by atoms with Crippen molar-refractivity contribution >= 4 is 27.8 Å². The van der Waals surface area contributed by atoms with E-state index in [2.05, 4.69) is 15.5 Å². The minimum atomic E-state index is -4.14. The Balaban J connectivity index is 1.25. The first-order valence-electron chi connectivity index (χ1n) is 14.8. The molecular formula is C30H39N3O10S. The van der Waals surface area contributed by atoms with Gasteiger partial charge in [-0.05, 0) is 49.4 Å². The molecule has 2 aliphatic heterocycles. The summed E-state index contributed by atoms with van der Waals surface area (Å²) in [6, 6.07) is 14.4. The molecule has 1 aliphatic carbocycles. The van der Waals surface area contributed by atoms with Crippen LogP contribution in [0.2, 0.25) is 0 Å². The van der Waals surface area contributed by atoms with Crippen LogP contribution in [0.4, 0.5) is 10.5 Å². The van der Waals surface area contributed by atoms with Crippen LogP contribution in [0.25, 0.3) is 0 Å². The number of aliphatic hydroxyl groups excluding tert-OH is 1. The minimum Gasteiger partial charge on any atom is -0.480 e. The number of sulfonamides is 1. The van der Waals surface area contributed by atoms with E-state index in [1.807, 2.05) is 30.3 Å². The summed E-state index contributed by atoms with van der Waals surface area (Å²) in [4.78, 5) is 31.9. The van der Waals surface area contributed by atoms with Gasteiger partial charge in [0.25, 0.3) is 10.0 Å². The van der Waals surface area contributed by atoms with Crippen molar-refractivity contribution in [1.29, 1.82) is 0 Å². The van der Waals surface area contributed by atoms with E-state index in [4.69, 9.17) is 24.2 Å². The van der Waals surface area contributed by atoms with Crippen molar-refractivity contribution in [3.8, 4) is 0 Å². The fourth-order valence-electron chi connectivity index (χ4n) is 6.05. The molecule has 2 aromatic carbocycles. The predicted molar refractivity (Wildman–Crippen MR) is 157 cm³/mol. The third-order valence-corrected chi connectivity index (χ3v) is 9.54. The van der Waals surface area contributed by atoms with Crippen molar-refractivity contribution in [3.63, 3.8) is 0 Å². The highest BCUT2D eigenvalue weighted by Gasteiger charge is 2.45. The quantitative estimate of drug-likeness (QED) is 0.193. The maximum absolute atomic E-state index is 13.1. The Morgan fingerprint density at radius 1 is 1.07 bits per heavy atom. The Labute approximate surface area is 256 Å². The van der Waals surface area contributed by atoms with Crippen molar-refractivity contribution < 1.29 is 47.3 Å². The van der Waals surface area contributed by atoms with Crippen LogP contribution >= 0.6 is 0 Å². The molecule has 0 aromatic heterocycles. The summed E-state index contributed by atoms with van der Waals surface area (Å²) in [5.74, 6) is -1.12. The lowest BCUT2D eigenvalue weighted by molar-refractivity contribution is -0.134. The number of hydrogen-bond donors (Lipinski definition) is 5. The van der Waals surface area contributed by atoms with E-state index in [9.17, 15) is 23.1 Å². The van der Waals surface area contributed by atoms with Crippen molar-refractivity contribution in [1.82, 2.24) is 10.2 Å². The summed E-state index contributed by atoms with van der Waals surface area (Å²) in [5.41, 5.74) is 0.201. The van der Waals surface area contributed by atoms with Gasteiger partial charge in [-0.2, -0.15) is 0 Å². The van der Waals surface area contributed by atoms with Gasteiger partial charge in [0.1, 0.15) is 12.6 Å². The zero-order valence-electron chi connectivity index (χ0n) is 24.2. The summed E-state index contributed by atoms with van der Waals surface area (Å²) in [6.45, 7) is 0.416. The number of carboxylic acid groups (broad SMARTS) is 1. The Kier molecular flexibility index (Phi) is 10.4. The number of nitrogens with one attached hydrogen (secondary N) is 3. The molecule has 14 heteroatoms. The number of rotatable bonds is 14. The zero-order valence-corrected chi connectivity index (χ0v) is 25.0. The number of carbonyl (C=O) groups excluding carboxylic acids is 1. The first-order valence-corrected chi connectivity index (χ1v) is 16.3. The Hall–Kier alpha value is -3.27. The standard InChI is InChI=1S/C30H39N3O10S/c34-25(24(15-20-7-2-1-3-8-20)32-29(37)42-26-19-41-28-23(26)11-14-40-28)17-30(12-4-5-13-30)43-33-44(38,39)22-10-6-9-21(16-22)31-18-27(35)36/h1-3,6-10,16,23-26,28,31,33-34H,4-5,11-15,17-19H2,(H,32,37)(H,35,36)/t23-,24+,25-,26-,28+/m1/s1. The highest BCUT2D eigenvalue weighted by molar-refractivity contribution is 7.89. The second-order valence-electron chi connectivity index (χ2n) is 11.5. The third kappa shape index (κ3) is 8.25. The molecular weight excluding hydrogens is 594 g/mol. The Bertz CT molecular complexity index is 1390. The Morgan fingerprint density at radius 3 is 2.59 bits per heavy atom. The van der Waals surface area contributed by atoms with Gasteiger partial charge >= 0.3 is 12.1 Å². The van der Waals surface area contributed by atoms with Gasteiger partial charge in [-0.15, -0.1) is 0 Å². The second kappa shape index (κ2) is 14.2. The van der Waals surface area contributed by atoms with Crippen LogP contribution < -0.4 is 15.5 Å². The number of carboxylic acids is 1. The smallest absolute Gasteiger partial charge is 0.407 e. The molecule has 0 spiro atoms. The summed E-state index contributed by atoms with van der Waals surface area (Å²) in [6.07, 6.45) is 1.04. The average Bonchev–Trinajstić information content (AvgIpc) is 3.75. The third-order valence-electron chi connectivity index (χ3n) is 8.36. The van der Waals surface area contributed by atoms with Crippen LogP contribution in [0.1, 0.15) is 44.1 Å². The van der Waals surface area contributed by atoms with Gasteiger partial charge in [0, 0.05) is 12.1 Å². The maximum Gasteiger partial charge on any atom is 0.407 e. The van der Waals surface area contributed by atoms with Crippen LogP contribution in [0.15, 0.2) is 59.5 Å². The van der Waals surface area contributed by atoms with Crippen LogP contribution in [0.3, 0.4) is 0 Å². The van der Waals surface area contributed by atoms with Gasteiger partial charge in [0.2, 0.25) is 0 Å². The largest absolute Gasteiger partial charge is 0.480 e. The molecule has 1 saturated carbocycles. The molecule has 0 radical (unpaired) electrons. The van der Waals surface area contributed by atoms with Crippen molar-refractivity contribution in [3.05, 3.63) is 60.2 Å². The number of aliphatic hydroxyl groups is 1. The molecule has 240 valence electrons. The van der Waals surface area contributed by atoms with Gasteiger partial charge in [-0.1, -0.05) is 54.1 Å². The number of aliphatic carboxylic acids is 1. The van der Waals surface area contributed by atoms with Crippen molar-refractivity contribution in [2.45, 2.75) is 80.0 Å². The van der Waals surface area contributed by atoms with Gasteiger partial charge in [-0.25, -0.2) is 13.2 Å². The van der Waals surface area contributed by atoms with E-state index >= 15 is 0 Å². The number of fused-ring (bicyclic) bond motifs is 1. The molecule has 0 unspecified atom stereocenters. The Morgan fingerprint density at radius 2 is 1.84 bits per heavy atom. The van der Waals surface area contributed by atoms with E-state index in [0.717, 1.165) is 24.8 Å². The summed E-state index contributed by atoms with van der Waals surface area (Å²) in [7, 11) is -4.14. The number of anilines is 1. The minimum absolute atomic E-state index is 0.0323. The molecule has 2 saturated heterocycles. The van der Waals surface area contributed by atoms with Crippen molar-refractivity contribution in [2.24, 2.45) is 5.92 Å². The van der Waals surface area contributed by atoms with E-state index < -0.39 is 45.9 Å². The lowest BCUT2D eigenvalue weighted by Gasteiger charge is -2.34. The number of carbonyl (C=O) groups is 2. The summed E-state index contributed by atoms with van der Waals surface area (Å²) >= 11 is 0. The lowest BCUT2D eigenvalue weighted by Crippen LogP contribution is -2.50. The molecule has 2 heterocycles. The maximum atomic E-state index is 13.1. The topological polar surface area (TPSA) is 182 Å². The van der Waals surface area contributed by atoms with E-state index in [1.165, 1.54) is 18.2 Å². The first kappa shape index (κ1) is 32.1. The van der Waals surface area contributed by atoms with Crippen LogP contribution in [-0.4, -0.2) is 80.6 Å². The fourth-order valence-corrected chi connectivity index (χ4v) is 6.98. The number of ether oxygens (including phenoxy) is 3. The van der Waals surface area contributed by atoms with Gasteiger partial charge in [-0.3, -0.25) is 9.63 Å². The van der Waals surface area contributed by atoms with Crippen LogP contribution in [0, 0.1) is 5.92 Å². The SMILES string of the molecule is O=C(O)CNc1cccc(S(=O)(=O)NOC2(C[C@@H](O)[C@H](Cc3ccccc3)NC(=O)O[C@@H]3CO[C@@H]4OCC[C@@H]43)CCCC2)c1.